The van der Waals surface area contributed by atoms with Gasteiger partial charge in [-0.3, -0.25) is 24.6 Å². The van der Waals surface area contributed by atoms with Gasteiger partial charge < -0.3 is 9.64 Å². The molecule has 3 amide bonds. The van der Waals surface area contributed by atoms with Crippen LogP contribution >= 0.6 is 0 Å². The standard InChI is InChI=1S/C26H33N3O4/c30-24-13-12-23(25(31)27-24)29-19-22-20(10-8-11-21(22)26(29)32)9-6-4-2-1-3-5-7-14-28-15-17-33-18-16-28/h8,10-11,23H,1-5,7,12-19H2,(H,27,30,31). The number of ether oxygens (including phenoxy) is 1. The van der Waals surface area contributed by atoms with Gasteiger partial charge in [-0.15, -0.1) is 0 Å². The highest BCUT2D eigenvalue weighted by Crippen LogP contribution is 2.29. The lowest BCUT2D eigenvalue weighted by atomic mass is 10.0. The molecule has 176 valence electrons. The molecule has 33 heavy (non-hydrogen) atoms. The van der Waals surface area contributed by atoms with Gasteiger partial charge in [-0.1, -0.05) is 37.2 Å². The van der Waals surface area contributed by atoms with E-state index >= 15 is 0 Å². The third kappa shape index (κ3) is 6.01. The van der Waals surface area contributed by atoms with Crippen LogP contribution in [0.15, 0.2) is 18.2 Å². The van der Waals surface area contributed by atoms with Crippen molar-refractivity contribution in [3.05, 3.63) is 34.9 Å². The Morgan fingerprint density at radius 3 is 2.64 bits per heavy atom. The zero-order valence-electron chi connectivity index (χ0n) is 19.2. The lowest BCUT2D eigenvalue weighted by molar-refractivity contribution is -0.136. The number of hydrogen-bond donors (Lipinski definition) is 1. The normalized spacial score (nSPS) is 20.9. The summed E-state index contributed by atoms with van der Waals surface area (Å²) in [6.45, 7) is 5.41. The topological polar surface area (TPSA) is 79.0 Å². The number of carbonyl (C=O) groups excluding carboxylic acids is 3. The van der Waals surface area contributed by atoms with Gasteiger partial charge in [-0.05, 0) is 43.5 Å². The molecule has 3 heterocycles. The predicted molar refractivity (Wildman–Crippen MR) is 124 cm³/mol. The van der Waals surface area contributed by atoms with E-state index in [-0.39, 0.29) is 24.1 Å². The molecule has 2 saturated heterocycles. The highest BCUT2D eigenvalue weighted by atomic mass is 16.5. The Balaban J connectivity index is 1.21. The van der Waals surface area contributed by atoms with Crippen molar-refractivity contribution in [3.8, 4) is 11.8 Å². The number of nitrogens with zero attached hydrogens (tertiary/aromatic N) is 2. The molecule has 1 aromatic carbocycles. The van der Waals surface area contributed by atoms with Crippen molar-refractivity contribution < 1.29 is 19.1 Å². The Morgan fingerprint density at radius 1 is 1.03 bits per heavy atom. The second-order valence-corrected chi connectivity index (χ2v) is 9.01. The summed E-state index contributed by atoms with van der Waals surface area (Å²) in [7, 11) is 0. The SMILES string of the molecule is O=C1CCC(N2Cc3c(C#CCCCCCCCN4CCOCC4)cccc3C2=O)C(=O)N1. The van der Waals surface area contributed by atoms with E-state index in [1.807, 2.05) is 12.1 Å². The molecule has 1 N–H and O–H groups in total. The average Bonchev–Trinajstić information content (AvgIpc) is 3.15. The number of amides is 3. The van der Waals surface area contributed by atoms with Crippen molar-refractivity contribution in [1.82, 2.24) is 15.1 Å². The maximum Gasteiger partial charge on any atom is 0.255 e. The molecule has 7 heteroatoms. The Bertz CT molecular complexity index is 943. The maximum absolute atomic E-state index is 12.9. The fourth-order valence-corrected chi connectivity index (χ4v) is 4.76. The van der Waals surface area contributed by atoms with Crippen LogP contribution in [0.25, 0.3) is 0 Å². The van der Waals surface area contributed by atoms with Crippen molar-refractivity contribution in [3.63, 3.8) is 0 Å². The van der Waals surface area contributed by atoms with E-state index in [9.17, 15) is 14.4 Å². The van der Waals surface area contributed by atoms with Crippen LogP contribution in [0, 0.1) is 11.8 Å². The van der Waals surface area contributed by atoms with E-state index in [0.717, 1.165) is 50.3 Å². The smallest absolute Gasteiger partial charge is 0.255 e. The number of piperidine rings is 1. The van der Waals surface area contributed by atoms with E-state index in [2.05, 4.69) is 22.1 Å². The molecule has 1 unspecified atom stereocenters. The van der Waals surface area contributed by atoms with Gasteiger partial charge in [0.2, 0.25) is 11.8 Å². The summed E-state index contributed by atoms with van der Waals surface area (Å²) in [5, 5.41) is 2.34. The van der Waals surface area contributed by atoms with Crippen LogP contribution in [0.4, 0.5) is 0 Å². The Labute approximate surface area is 195 Å². The third-order valence-corrected chi connectivity index (χ3v) is 6.68. The van der Waals surface area contributed by atoms with Crippen molar-refractivity contribution >= 4 is 17.7 Å². The minimum atomic E-state index is -0.591. The summed E-state index contributed by atoms with van der Waals surface area (Å²) in [6.07, 6.45) is 7.50. The lowest BCUT2D eigenvalue weighted by Crippen LogP contribution is -2.52. The van der Waals surface area contributed by atoms with Crippen molar-refractivity contribution in [2.24, 2.45) is 0 Å². The van der Waals surface area contributed by atoms with Gasteiger partial charge in [0.05, 0.1) is 13.2 Å². The third-order valence-electron chi connectivity index (χ3n) is 6.68. The minimum Gasteiger partial charge on any atom is -0.379 e. The summed E-state index contributed by atoms with van der Waals surface area (Å²) < 4.78 is 5.38. The van der Waals surface area contributed by atoms with E-state index < -0.39 is 6.04 Å². The van der Waals surface area contributed by atoms with E-state index in [4.69, 9.17) is 4.74 Å². The average molecular weight is 452 g/mol. The number of rotatable bonds is 8. The molecular weight excluding hydrogens is 418 g/mol. The van der Waals surface area contributed by atoms with Crippen LogP contribution in [0.3, 0.4) is 0 Å². The maximum atomic E-state index is 12.9. The van der Waals surface area contributed by atoms with Crippen LogP contribution in [0.5, 0.6) is 0 Å². The summed E-state index contributed by atoms with van der Waals surface area (Å²) in [6, 6.07) is 5.00. The quantitative estimate of drug-likeness (QED) is 0.373. The molecule has 3 aliphatic rings. The molecule has 0 spiro atoms. The second-order valence-electron chi connectivity index (χ2n) is 9.01. The lowest BCUT2D eigenvalue weighted by Gasteiger charge is -2.29. The summed E-state index contributed by atoms with van der Waals surface area (Å²) in [5.41, 5.74) is 2.37. The van der Waals surface area contributed by atoms with Crippen molar-refractivity contribution in [1.29, 1.82) is 0 Å². The highest BCUT2D eigenvalue weighted by molar-refractivity contribution is 6.05. The second kappa shape index (κ2) is 11.4. The van der Waals surface area contributed by atoms with Gasteiger partial charge in [-0.2, -0.15) is 0 Å². The molecule has 2 fully saturated rings. The van der Waals surface area contributed by atoms with E-state index in [1.54, 1.807) is 11.0 Å². The Morgan fingerprint density at radius 2 is 1.82 bits per heavy atom. The number of hydrogen-bond acceptors (Lipinski definition) is 5. The van der Waals surface area contributed by atoms with Gasteiger partial charge in [0.25, 0.3) is 5.91 Å². The van der Waals surface area contributed by atoms with Crippen molar-refractivity contribution in [2.75, 3.05) is 32.8 Å². The van der Waals surface area contributed by atoms with E-state index in [0.29, 0.717) is 18.5 Å². The zero-order valence-corrected chi connectivity index (χ0v) is 19.2. The molecule has 0 radical (unpaired) electrons. The largest absolute Gasteiger partial charge is 0.379 e. The summed E-state index contributed by atoms with van der Waals surface area (Å²) in [4.78, 5) is 40.6. The van der Waals surface area contributed by atoms with Gasteiger partial charge in [0.15, 0.2) is 0 Å². The molecule has 0 aromatic heterocycles. The first-order chi connectivity index (χ1) is 16.1. The molecule has 4 rings (SSSR count). The molecule has 3 aliphatic heterocycles. The number of morpholine rings is 1. The first kappa shape index (κ1) is 23.5. The highest BCUT2D eigenvalue weighted by Gasteiger charge is 2.39. The number of nitrogens with one attached hydrogen (secondary N) is 1. The van der Waals surface area contributed by atoms with Crippen LogP contribution < -0.4 is 5.32 Å². The van der Waals surface area contributed by atoms with Gasteiger partial charge >= 0.3 is 0 Å². The van der Waals surface area contributed by atoms with Gasteiger partial charge in [0.1, 0.15) is 6.04 Å². The fourth-order valence-electron chi connectivity index (χ4n) is 4.76. The molecule has 0 bridgehead atoms. The monoisotopic (exact) mass is 451 g/mol. The zero-order chi connectivity index (χ0) is 23.0. The summed E-state index contributed by atoms with van der Waals surface area (Å²) in [5.74, 6) is 5.71. The van der Waals surface area contributed by atoms with Crippen LogP contribution in [0.1, 0.15) is 72.9 Å². The molecule has 1 aromatic rings. The van der Waals surface area contributed by atoms with Crippen LogP contribution in [-0.2, 0) is 20.9 Å². The molecule has 0 saturated carbocycles. The molecule has 0 aliphatic carbocycles. The Hall–Kier alpha value is -2.69. The van der Waals surface area contributed by atoms with Gasteiger partial charge in [0, 0.05) is 43.6 Å². The molecule has 7 nitrogen and oxygen atoms in total. The van der Waals surface area contributed by atoms with Crippen molar-refractivity contribution in [2.45, 2.75) is 64.0 Å². The number of benzene rings is 1. The summed E-state index contributed by atoms with van der Waals surface area (Å²) >= 11 is 0. The first-order valence-electron chi connectivity index (χ1n) is 12.2. The fraction of sp³-hybridized carbons (Fsp3) is 0.577. The number of carbonyl (C=O) groups is 3. The van der Waals surface area contributed by atoms with Gasteiger partial charge in [-0.25, -0.2) is 0 Å². The molecular formula is C26H33N3O4. The number of unbranched alkanes of at least 4 members (excludes halogenated alkanes) is 5. The first-order valence-corrected chi connectivity index (χ1v) is 12.2. The number of imide groups is 1. The Kier molecular flexibility index (Phi) is 8.14. The number of fused-ring (bicyclic) bond motifs is 1. The molecule has 1 atom stereocenters. The van der Waals surface area contributed by atoms with E-state index in [1.165, 1.54) is 32.2 Å². The van der Waals surface area contributed by atoms with Crippen LogP contribution in [0.2, 0.25) is 0 Å². The minimum absolute atomic E-state index is 0.153. The van der Waals surface area contributed by atoms with Crippen LogP contribution in [-0.4, -0.2) is 66.4 Å². The predicted octanol–water partition coefficient (Wildman–Crippen LogP) is 2.47.